The summed E-state index contributed by atoms with van der Waals surface area (Å²) in [6, 6.07) is 0. The normalized spacial score (nSPS) is 12.2. The average Bonchev–Trinajstić information content (AvgIpc) is 2.01. The molecule has 0 aromatic rings. The van der Waals surface area contributed by atoms with E-state index in [1.165, 1.54) is 32.1 Å². The van der Waals surface area contributed by atoms with E-state index in [4.69, 9.17) is 4.43 Å². The summed E-state index contributed by atoms with van der Waals surface area (Å²) >= 11 is 0. The molecule has 0 radical (unpaired) electrons. The second-order valence-electron chi connectivity index (χ2n) is 4.36. The van der Waals surface area contributed by atoms with Gasteiger partial charge >= 0.3 is 0 Å². The maximum Gasteiger partial charge on any atom is 0.145 e. The van der Waals surface area contributed by atoms with Crippen molar-refractivity contribution in [1.29, 1.82) is 0 Å². The number of hydrogen-bond donors (Lipinski definition) is 0. The Balaban J connectivity index is 3.42. The molecule has 0 spiro atoms. The van der Waals surface area contributed by atoms with Gasteiger partial charge in [0.25, 0.3) is 0 Å². The molecule has 12 heavy (non-hydrogen) atoms. The predicted octanol–water partition coefficient (Wildman–Crippen LogP) is 2.28. The summed E-state index contributed by atoms with van der Waals surface area (Å²) < 4.78 is 5.22. The van der Waals surface area contributed by atoms with Crippen molar-refractivity contribution in [3.05, 3.63) is 0 Å². The number of hydrogen-bond acceptors (Lipinski definition) is 1. The first-order valence-electron chi connectivity index (χ1n) is 5.11. The zero-order valence-electron chi connectivity index (χ0n) is 9.15. The molecule has 0 rings (SSSR count). The van der Waals surface area contributed by atoms with E-state index < -0.39 is 0 Å². The third kappa shape index (κ3) is 6.86. The van der Waals surface area contributed by atoms with E-state index in [0.29, 0.717) is 5.41 Å². The Morgan fingerprint density at radius 1 is 1.17 bits per heavy atom. The summed E-state index contributed by atoms with van der Waals surface area (Å²) in [5.41, 5.74) is 0.500. The Labute approximate surface area is 80.4 Å². The van der Waals surface area contributed by atoms with Crippen LogP contribution in [0.5, 0.6) is 0 Å². The minimum absolute atomic E-state index is 0.500. The first-order chi connectivity index (χ1) is 5.62. The van der Waals surface area contributed by atoms with E-state index in [1.807, 2.05) is 0 Å². The molecule has 0 aliphatic rings. The first-order valence-corrected chi connectivity index (χ1v) is 5.93. The molecule has 0 atom stereocenters. The molecular weight excluding hydrogens is 164 g/mol. The van der Waals surface area contributed by atoms with Crippen LogP contribution in [0.1, 0.15) is 52.9 Å². The van der Waals surface area contributed by atoms with E-state index in [9.17, 15) is 0 Å². The van der Waals surface area contributed by atoms with Crippen molar-refractivity contribution in [2.24, 2.45) is 5.41 Å². The molecule has 0 unspecified atom stereocenters. The van der Waals surface area contributed by atoms with E-state index in [1.54, 1.807) is 0 Å². The summed E-state index contributed by atoms with van der Waals surface area (Å²) in [4.78, 5) is 0. The summed E-state index contributed by atoms with van der Waals surface area (Å²) in [7, 11) is 0.888. The zero-order valence-corrected chi connectivity index (χ0v) is 11.2. The maximum atomic E-state index is 5.22. The molecule has 0 aliphatic carbocycles. The molecule has 74 valence electrons. The van der Waals surface area contributed by atoms with Gasteiger partial charge in [-0.15, -0.1) is 0 Å². The lowest BCUT2D eigenvalue weighted by Crippen LogP contribution is -2.14. The van der Waals surface area contributed by atoms with Gasteiger partial charge in [0.05, 0.1) is 0 Å². The zero-order chi connectivity index (χ0) is 9.45. The monoisotopic (exact) mass is 188 g/mol. The molecule has 1 nitrogen and oxygen atoms in total. The lowest BCUT2D eigenvalue weighted by atomic mass is 9.84. The van der Waals surface area contributed by atoms with Gasteiger partial charge in [0.1, 0.15) is 10.5 Å². The van der Waals surface area contributed by atoms with Gasteiger partial charge < -0.3 is 4.43 Å². The summed E-state index contributed by atoms with van der Waals surface area (Å²) in [6.45, 7) is 7.92. The minimum Gasteiger partial charge on any atom is -0.428 e. The van der Waals surface area contributed by atoms with Crippen LogP contribution in [0, 0.1) is 5.41 Å². The second kappa shape index (κ2) is 6.67. The van der Waals surface area contributed by atoms with Crippen LogP contribution in [0.15, 0.2) is 0 Å². The van der Waals surface area contributed by atoms with Gasteiger partial charge in [-0.25, -0.2) is 0 Å². The molecule has 0 fully saturated rings. The first kappa shape index (κ1) is 12.2. The van der Waals surface area contributed by atoms with Crippen LogP contribution < -0.4 is 0 Å². The Hall–Kier alpha value is 0.177. The van der Waals surface area contributed by atoms with E-state index >= 15 is 0 Å². The molecule has 0 aliphatic heterocycles. The van der Waals surface area contributed by atoms with Crippen LogP contribution in [-0.4, -0.2) is 17.1 Å². The summed E-state index contributed by atoms with van der Waals surface area (Å²) in [5.74, 6) is 0. The molecule has 0 amide bonds. The van der Waals surface area contributed by atoms with Crippen molar-refractivity contribution in [1.82, 2.24) is 0 Å². The van der Waals surface area contributed by atoms with Crippen LogP contribution in [-0.2, 0) is 4.43 Å². The molecule has 0 bridgehead atoms. The topological polar surface area (TPSA) is 9.23 Å². The lowest BCUT2D eigenvalue weighted by Gasteiger charge is -2.24. The second-order valence-corrected chi connectivity index (χ2v) is 4.94. The highest BCUT2D eigenvalue weighted by Crippen LogP contribution is 2.27. The van der Waals surface area contributed by atoms with E-state index in [0.717, 1.165) is 17.1 Å². The van der Waals surface area contributed by atoms with Gasteiger partial charge in [0.15, 0.2) is 0 Å². The standard InChI is InChI=1S/C10H24OSi/c1-4-5-6-7-10(2,3)8-9-11-12/h4-9H2,1-3,12H3. The fourth-order valence-electron chi connectivity index (χ4n) is 1.36. The lowest BCUT2D eigenvalue weighted by molar-refractivity contribution is 0.223. The molecule has 0 heterocycles. The van der Waals surface area contributed by atoms with Crippen molar-refractivity contribution in [2.75, 3.05) is 6.61 Å². The van der Waals surface area contributed by atoms with Gasteiger partial charge in [-0.3, -0.25) is 0 Å². The van der Waals surface area contributed by atoms with Crippen LogP contribution in [0.25, 0.3) is 0 Å². The van der Waals surface area contributed by atoms with Crippen molar-refractivity contribution < 1.29 is 4.43 Å². The Bertz CT molecular complexity index is 102. The van der Waals surface area contributed by atoms with Crippen LogP contribution in [0.3, 0.4) is 0 Å². The fourth-order valence-corrected chi connectivity index (χ4v) is 1.56. The highest BCUT2D eigenvalue weighted by molar-refractivity contribution is 5.97. The smallest absolute Gasteiger partial charge is 0.145 e. The van der Waals surface area contributed by atoms with Crippen molar-refractivity contribution in [3.63, 3.8) is 0 Å². The van der Waals surface area contributed by atoms with Crippen molar-refractivity contribution in [2.45, 2.75) is 52.9 Å². The number of rotatable bonds is 7. The van der Waals surface area contributed by atoms with Crippen molar-refractivity contribution >= 4 is 10.5 Å². The van der Waals surface area contributed by atoms with Crippen LogP contribution in [0.4, 0.5) is 0 Å². The third-order valence-electron chi connectivity index (χ3n) is 2.44. The summed E-state index contributed by atoms with van der Waals surface area (Å²) in [5, 5.41) is 0. The summed E-state index contributed by atoms with van der Waals surface area (Å²) in [6.07, 6.45) is 6.66. The SMILES string of the molecule is CCCCCC(C)(C)CCO[SiH3]. The average molecular weight is 188 g/mol. The Morgan fingerprint density at radius 3 is 2.33 bits per heavy atom. The predicted molar refractivity (Wildman–Crippen MR) is 58.4 cm³/mol. The van der Waals surface area contributed by atoms with E-state index in [2.05, 4.69) is 20.8 Å². The largest absolute Gasteiger partial charge is 0.428 e. The maximum absolute atomic E-state index is 5.22. The molecule has 2 heteroatoms. The van der Waals surface area contributed by atoms with Gasteiger partial charge in [0, 0.05) is 6.61 Å². The van der Waals surface area contributed by atoms with Gasteiger partial charge in [0.2, 0.25) is 0 Å². The molecule has 0 saturated heterocycles. The van der Waals surface area contributed by atoms with Gasteiger partial charge in [-0.05, 0) is 18.3 Å². The molecule has 0 saturated carbocycles. The van der Waals surface area contributed by atoms with Gasteiger partial charge in [-0.1, -0.05) is 40.0 Å². The van der Waals surface area contributed by atoms with Gasteiger partial charge in [-0.2, -0.15) is 0 Å². The molecule has 0 aromatic heterocycles. The number of unbranched alkanes of at least 4 members (excludes halogenated alkanes) is 2. The Kier molecular flexibility index (Phi) is 6.77. The van der Waals surface area contributed by atoms with E-state index in [-0.39, 0.29) is 0 Å². The molecule has 0 aromatic carbocycles. The third-order valence-corrected chi connectivity index (χ3v) is 2.85. The van der Waals surface area contributed by atoms with Crippen LogP contribution >= 0.6 is 0 Å². The molecule has 0 N–H and O–H groups in total. The highest BCUT2D eigenvalue weighted by atomic mass is 28.2. The highest BCUT2D eigenvalue weighted by Gasteiger charge is 2.15. The van der Waals surface area contributed by atoms with Crippen LogP contribution in [0.2, 0.25) is 0 Å². The minimum atomic E-state index is 0.500. The molecular formula is C10H24OSi. The quantitative estimate of drug-likeness (QED) is 0.440. The fraction of sp³-hybridized carbons (Fsp3) is 1.00. The Morgan fingerprint density at radius 2 is 1.83 bits per heavy atom. The van der Waals surface area contributed by atoms with Crippen molar-refractivity contribution in [3.8, 4) is 0 Å².